The summed E-state index contributed by atoms with van der Waals surface area (Å²) >= 11 is 0. The van der Waals surface area contributed by atoms with Crippen molar-refractivity contribution in [1.82, 2.24) is 19.7 Å². The van der Waals surface area contributed by atoms with Gasteiger partial charge in [-0.1, -0.05) is 0 Å². The molecule has 0 saturated carbocycles. The summed E-state index contributed by atoms with van der Waals surface area (Å²) < 4.78 is 41.1. The number of amides is 1. The monoisotopic (exact) mass is 320 g/mol. The van der Waals surface area contributed by atoms with Crippen LogP contribution in [0, 0.1) is 17.5 Å². The lowest BCUT2D eigenvalue weighted by Gasteiger charge is -2.14. The van der Waals surface area contributed by atoms with Crippen LogP contribution in [0.5, 0.6) is 0 Å². The van der Waals surface area contributed by atoms with Gasteiger partial charge in [0.25, 0.3) is 5.91 Å². The van der Waals surface area contributed by atoms with Crippen LogP contribution < -0.4 is 5.32 Å². The van der Waals surface area contributed by atoms with Crippen LogP contribution in [0.4, 0.5) is 13.2 Å². The van der Waals surface area contributed by atoms with E-state index in [1.165, 1.54) is 19.3 Å². The molecule has 0 aliphatic carbocycles. The van der Waals surface area contributed by atoms with Crippen molar-refractivity contribution in [2.45, 2.75) is 13.0 Å². The Labute approximate surface area is 128 Å². The van der Waals surface area contributed by atoms with Crippen LogP contribution in [0.25, 0.3) is 5.65 Å². The minimum atomic E-state index is -1.55. The van der Waals surface area contributed by atoms with E-state index in [1.54, 1.807) is 16.8 Å². The molecule has 3 aromatic rings. The van der Waals surface area contributed by atoms with Crippen molar-refractivity contribution in [2.24, 2.45) is 0 Å². The normalized spacial score (nSPS) is 12.3. The molecule has 0 saturated heterocycles. The van der Waals surface area contributed by atoms with Crippen molar-refractivity contribution in [3.05, 3.63) is 65.6 Å². The predicted octanol–water partition coefficient (Wildman–Crippen LogP) is 2.64. The van der Waals surface area contributed by atoms with Crippen LogP contribution in [0.15, 0.2) is 36.9 Å². The molecule has 0 fully saturated rings. The SMILES string of the molecule is C[C@@H](NC(=O)c1nccn2ccnc12)c1cc(F)c(F)c(F)c1. The lowest BCUT2D eigenvalue weighted by molar-refractivity contribution is 0.0936. The lowest BCUT2D eigenvalue weighted by Crippen LogP contribution is -2.28. The molecular weight excluding hydrogens is 309 g/mol. The van der Waals surface area contributed by atoms with Crippen molar-refractivity contribution >= 4 is 11.6 Å². The summed E-state index contributed by atoms with van der Waals surface area (Å²) in [5.41, 5.74) is 0.533. The van der Waals surface area contributed by atoms with Gasteiger partial charge in [-0.05, 0) is 24.6 Å². The number of carbonyl (C=O) groups is 1. The van der Waals surface area contributed by atoms with Crippen LogP contribution in [-0.2, 0) is 0 Å². The van der Waals surface area contributed by atoms with E-state index in [0.717, 1.165) is 12.1 Å². The molecule has 118 valence electrons. The number of benzene rings is 1. The Morgan fingerprint density at radius 1 is 1.13 bits per heavy atom. The second-order valence-electron chi connectivity index (χ2n) is 4.93. The number of halogens is 3. The van der Waals surface area contributed by atoms with Gasteiger partial charge in [0.05, 0.1) is 6.04 Å². The van der Waals surface area contributed by atoms with Crippen LogP contribution in [0.1, 0.15) is 29.0 Å². The maximum absolute atomic E-state index is 13.3. The summed E-state index contributed by atoms with van der Waals surface area (Å²) in [4.78, 5) is 20.3. The standard InChI is InChI=1S/C15H11F3N4O/c1-8(9-6-10(16)12(18)11(17)7-9)21-15(23)13-14-20-3-5-22(14)4-2-19-13/h2-8H,1H3,(H,21,23)/t8-/m1/s1. The molecule has 1 atom stereocenters. The zero-order valence-corrected chi connectivity index (χ0v) is 11.9. The summed E-state index contributed by atoms with van der Waals surface area (Å²) in [6.07, 6.45) is 6.24. The minimum absolute atomic E-state index is 0.0763. The highest BCUT2D eigenvalue weighted by atomic mass is 19.2. The first-order valence-electron chi connectivity index (χ1n) is 6.70. The summed E-state index contributed by atoms with van der Waals surface area (Å²) in [5.74, 6) is -4.72. The van der Waals surface area contributed by atoms with E-state index in [1.807, 2.05) is 0 Å². The first-order valence-corrected chi connectivity index (χ1v) is 6.70. The van der Waals surface area contributed by atoms with Gasteiger partial charge in [0.15, 0.2) is 28.8 Å². The van der Waals surface area contributed by atoms with Gasteiger partial charge in [0.2, 0.25) is 0 Å². The van der Waals surface area contributed by atoms with Gasteiger partial charge in [0.1, 0.15) is 0 Å². The van der Waals surface area contributed by atoms with Crippen LogP contribution in [0.2, 0.25) is 0 Å². The van der Waals surface area contributed by atoms with Gasteiger partial charge in [0, 0.05) is 24.8 Å². The second kappa shape index (κ2) is 5.71. The highest BCUT2D eigenvalue weighted by molar-refractivity contribution is 5.97. The molecule has 5 nitrogen and oxygen atoms in total. The molecule has 2 aromatic heterocycles. The van der Waals surface area contributed by atoms with Gasteiger partial charge in [-0.2, -0.15) is 0 Å². The zero-order chi connectivity index (χ0) is 16.6. The number of nitrogens with zero attached hydrogens (tertiary/aromatic N) is 3. The fraction of sp³-hybridized carbons (Fsp3) is 0.133. The molecule has 1 N–H and O–H groups in total. The number of rotatable bonds is 3. The largest absolute Gasteiger partial charge is 0.344 e. The number of hydrogen-bond donors (Lipinski definition) is 1. The molecule has 0 radical (unpaired) electrons. The Kier molecular flexibility index (Phi) is 3.73. The van der Waals surface area contributed by atoms with E-state index in [-0.39, 0.29) is 11.3 Å². The maximum atomic E-state index is 13.3. The molecular formula is C15H11F3N4O. The van der Waals surface area contributed by atoms with E-state index < -0.39 is 29.4 Å². The lowest BCUT2D eigenvalue weighted by atomic mass is 10.1. The van der Waals surface area contributed by atoms with E-state index in [0.29, 0.717) is 5.65 Å². The van der Waals surface area contributed by atoms with Crippen molar-refractivity contribution in [1.29, 1.82) is 0 Å². The third-order valence-corrected chi connectivity index (χ3v) is 3.38. The Balaban J connectivity index is 1.87. The smallest absolute Gasteiger partial charge is 0.274 e. The second-order valence-corrected chi connectivity index (χ2v) is 4.93. The van der Waals surface area contributed by atoms with E-state index in [4.69, 9.17) is 0 Å². The van der Waals surface area contributed by atoms with Gasteiger partial charge in [-0.3, -0.25) is 4.79 Å². The topological polar surface area (TPSA) is 59.3 Å². The Morgan fingerprint density at radius 3 is 2.39 bits per heavy atom. The minimum Gasteiger partial charge on any atom is -0.344 e. The van der Waals surface area contributed by atoms with Crippen molar-refractivity contribution in [3.63, 3.8) is 0 Å². The van der Waals surface area contributed by atoms with Gasteiger partial charge in [-0.15, -0.1) is 0 Å². The number of carbonyl (C=O) groups excluding carboxylic acids is 1. The predicted molar refractivity (Wildman–Crippen MR) is 75.2 cm³/mol. The number of nitrogens with one attached hydrogen (secondary N) is 1. The maximum Gasteiger partial charge on any atom is 0.274 e. The Morgan fingerprint density at radius 2 is 1.74 bits per heavy atom. The summed E-state index contributed by atoms with van der Waals surface area (Å²) in [6.45, 7) is 1.52. The first kappa shape index (κ1) is 15.0. The number of hydrogen-bond acceptors (Lipinski definition) is 3. The molecule has 1 amide bonds. The highest BCUT2D eigenvalue weighted by Gasteiger charge is 2.19. The summed E-state index contributed by atoms with van der Waals surface area (Å²) in [6, 6.07) is 0.934. The molecule has 3 rings (SSSR count). The van der Waals surface area contributed by atoms with Gasteiger partial charge < -0.3 is 9.72 Å². The van der Waals surface area contributed by atoms with Gasteiger partial charge >= 0.3 is 0 Å². The average Bonchev–Trinajstić information content (AvgIpc) is 3.00. The average molecular weight is 320 g/mol. The van der Waals surface area contributed by atoms with E-state index in [9.17, 15) is 18.0 Å². The molecule has 0 aliphatic rings. The summed E-state index contributed by atoms with van der Waals surface area (Å²) in [7, 11) is 0. The van der Waals surface area contributed by atoms with Crippen molar-refractivity contribution in [2.75, 3.05) is 0 Å². The van der Waals surface area contributed by atoms with Gasteiger partial charge in [-0.25, -0.2) is 23.1 Å². The Bertz CT molecular complexity index is 870. The molecule has 0 aliphatic heterocycles. The van der Waals surface area contributed by atoms with Crippen molar-refractivity contribution < 1.29 is 18.0 Å². The van der Waals surface area contributed by atoms with E-state index in [2.05, 4.69) is 15.3 Å². The fourth-order valence-electron chi connectivity index (χ4n) is 2.19. The van der Waals surface area contributed by atoms with E-state index >= 15 is 0 Å². The van der Waals surface area contributed by atoms with Crippen LogP contribution in [0.3, 0.4) is 0 Å². The van der Waals surface area contributed by atoms with Crippen molar-refractivity contribution in [3.8, 4) is 0 Å². The zero-order valence-electron chi connectivity index (χ0n) is 11.9. The number of aromatic nitrogens is 3. The molecule has 0 spiro atoms. The third-order valence-electron chi connectivity index (χ3n) is 3.38. The van der Waals surface area contributed by atoms with Crippen LogP contribution >= 0.6 is 0 Å². The molecule has 8 heteroatoms. The fourth-order valence-corrected chi connectivity index (χ4v) is 2.19. The third kappa shape index (κ3) is 2.75. The number of imidazole rings is 1. The quantitative estimate of drug-likeness (QED) is 0.755. The number of fused-ring (bicyclic) bond motifs is 1. The molecule has 0 bridgehead atoms. The highest BCUT2D eigenvalue weighted by Crippen LogP contribution is 2.19. The molecule has 1 aromatic carbocycles. The molecule has 2 heterocycles. The summed E-state index contributed by atoms with van der Waals surface area (Å²) in [5, 5.41) is 2.56. The first-order chi connectivity index (χ1) is 11.0. The van der Waals surface area contributed by atoms with Crippen LogP contribution in [-0.4, -0.2) is 20.3 Å². The Hall–Kier alpha value is -2.90. The molecule has 0 unspecified atom stereocenters. The molecule has 23 heavy (non-hydrogen) atoms.